The molecule has 0 unspecified atom stereocenters. The summed E-state index contributed by atoms with van der Waals surface area (Å²) in [5, 5.41) is 3.61. The van der Waals surface area contributed by atoms with Gasteiger partial charge in [0.25, 0.3) is 0 Å². The molecule has 1 aliphatic heterocycles. The van der Waals surface area contributed by atoms with Crippen molar-refractivity contribution in [1.82, 2.24) is 9.97 Å². The highest BCUT2D eigenvalue weighted by Crippen LogP contribution is 2.34. The van der Waals surface area contributed by atoms with E-state index < -0.39 is 0 Å². The van der Waals surface area contributed by atoms with Gasteiger partial charge in [-0.3, -0.25) is 0 Å². The maximum atomic E-state index is 6.17. The number of rotatable bonds is 1. The van der Waals surface area contributed by atoms with E-state index in [2.05, 4.69) is 14.9 Å². The smallest absolute Gasteiger partial charge is 0.142 e. The zero-order valence-electron chi connectivity index (χ0n) is 8.52. The lowest BCUT2D eigenvalue weighted by molar-refractivity contribution is 0.122. The van der Waals surface area contributed by atoms with E-state index in [4.69, 9.17) is 16.3 Å². The van der Waals surface area contributed by atoms with Gasteiger partial charge in [-0.25, -0.2) is 9.97 Å². The summed E-state index contributed by atoms with van der Waals surface area (Å²) in [6, 6.07) is 0. The molecule has 4 nitrogen and oxygen atoms in total. The van der Waals surface area contributed by atoms with Crippen LogP contribution < -0.4 is 4.90 Å². The molecule has 0 N–H and O–H groups in total. The van der Waals surface area contributed by atoms with Gasteiger partial charge in [0.15, 0.2) is 0 Å². The minimum atomic E-state index is 0.738. The Balaban J connectivity index is 2.10. The fraction of sp³-hybridized carbons (Fsp3) is 0.400. The number of fused-ring (bicyclic) bond motifs is 1. The van der Waals surface area contributed by atoms with Gasteiger partial charge >= 0.3 is 0 Å². The molecular formula is C10H10ClN3OS. The lowest BCUT2D eigenvalue weighted by Gasteiger charge is -2.28. The predicted molar refractivity (Wildman–Crippen MR) is 65.5 cm³/mol. The number of ether oxygens (including phenoxy) is 1. The second-order valence-electron chi connectivity index (χ2n) is 3.56. The number of aromatic nitrogens is 2. The van der Waals surface area contributed by atoms with Crippen LogP contribution in [0.5, 0.6) is 0 Å². The van der Waals surface area contributed by atoms with E-state index in [1.807, 2.05) is 5.38 Å². The van der Waals surface area contributed by atoms with Gasteiger partial charge in [-0.15, -0.1) is 11.3 Å². The molecule has 0 atom stereocenters. The van der Waals surface area contributed by atoms with Crippen LogP contribution in [0, 0.1) is 0 Å². The van der Waals surface area contributed by atoms with Crippen LogP contribution >= 0.6 is 22.9 Å². The average molecular weight is 256 g/mol. The molecule has 16 heavy (non-hydrogen) atoms. The highest BCUT2D eigenvalue weighted by Gasteiger charge is 2.18. The molecule has 1 fully saturated rings. The summed E-state index contributed by atoms with van der Waals surface area (Å²) in [6.45, 7) is 3.21. The number of hydrogen-bond acceptors (Lipinski definition) is 5. The summed E-state index contributed by atoms with van der Waals surface area (Å²) in [5.74, 6) is 0.930. The first-order chi connectivity index (χ1) is 7.86. The first-order valence-corrected chi connectivity index (χ1v) is 6.32. The van der Waals surface area contributed by atoms with Crippen molar-refractivity contribution in [2.45, 2.75) is 0 Å². The SMILES string of the molecule is Clc1csc2ncnc(N3CCOCC3)c12. The molecule has 0 saturated carbocycles. The van der Waals surface area contributed by atoms with Crippen molar-refractivity contribution in [1.29, 1.82) is 0 Å². The number of halogens is 1. The molecule has 3 heterocycles. The molecule has 0 spiro atoms. The summed E-state index contributed by atoms with van der Waals surface area (Å²) in [7, 11) is 0. The van der Waals surface area contributed by atoms with Crippen molar-refractivity contribution in [2.75, 3.05) is 31.2 Å². The molecule has 3 rings (SSSR count). The number of anilines is 1. The fourth-order valence-corrected chi connectivity index (χ4v) is 2.96. The molecular weight excluding hydrogens is 246 g/mol. The van der Waals surface area contributed by atoms with Crippen LogP contribution in [0.3, 0.4) is 0 Å². The molecule has 6 heteroatoms. The van der Waals surface area contributed by atoms with Gasteiger partial charge in [-0.05, 0) is 0 Å². The minimum Gasteiger partial charge on any atom is -0.378 e. The van der Waals surface area contributed by atoms with E-state index in [0.29, 0.717) is 0 Å². The van der Waals surface area contributed by atoms with Crippen LogP contribution in [-0.4, -0.2) is 36.3 Å². The molecule has 0 aliphatic carbocycles. The number of thiophene rings is 1. The monoisotopic (exact) mass is 255 g/mol. The largest absolute Gasteiger partial charge is 0.378 e. The quantitative estimate of drug-likeness (QED) is 0.783. The summed E-state index contributed by atoms with van der Waals surface area (Å²) in [4.78, 5) is 11.7. The third-order valence-corrected chi connectivity index (χ3v) is 3.93. The summed E-state index contributed by atoms with van der Waals surface area (Å²) >= 11 is 7.72. The molecule has 0 aromatic carbocycles. The van der Waals surface area contributed by atoms with Gasteiger partial charge < -0.3 is 9.64 Å². The predicted octanol–water partition coefficient (Wildman–Crippen LogP) is 2.18. The second-order valence-corrected chi connectivity index (χ2v) is 4.83. The van der Waals surface area contributed by atoms with Gasteiger partial charge in [0.2, 0.25) is 0 Å². The summed E-state index contributed by atoms with van der Waals surface area (Å²) < 4.78 is 5.33. The van der Waals surface area contributed by atoms with Crippen molar-refractivity contribution >= 4 is 39.0 Å². The van der Waals surface area contributed by atoms with Crippen LogP contribution in [0.15, 0.2) is 11.7 Å². The van der Waals surface area contributed by atoms with E-state index in [1.165, 1.54) is 0 Å². The highest BCUT2D eigenvalue weighted by atomic mass is 35.5. The van der Waals surface area contributed by atoms with Crippen molar-refractivity contribution < 1.29 is 4.74 Å². The normalized spacial score (nSPS) is 16.9. The van der Waals surface area contributed by atoms with Gasteiger partial charge in [0, 0.05) is 18.5 Å². The van der Waals surface area contributed by atoms with E-state index >= 15 is 0 Å². The third kappa shape index (κ3) is 1.65. The van der Waals surface area contributed by atoms with E-state index in [9.17, 15) is 0 Å². The van der Waals surface area contributed by atoms with Crippen LogP contribution in [0.1, 0.15) is 0 Å². The molecule has 1 aliphatic rings. The van der Waals surface area contributed by atoms with Crippen molar-refractivity contribution in [3.05, 3.63) is 16.7 Å². The fourth-order valence-electron chi connectivity index (χ4n) is 1.84. The Hall–Kier alpha value is -0.910. The third-order valence-electron chi connectivity index (χ3n) is 2.62. The molecule has 2 aromatic heterocycles. The first-order valence-electron chi connectivity index (χ1n) is 5.06. The Bertz CT molecular complexity index is 510. The summed E-state index contributed by atoms with van der Waals surface area (Å²) in [6.07, 6.45) is 1.60. The Kier molecular flexibility index (Phi) is 2.67. The lowest BCUT2D eigenvalue weighted by atomic mass is 10.3. The van der Waals surface area contributed by atoms with Gasteiger partial charge in [-0.2, -0.15) is 0 Å². The first kappa shape index (κ1) is 10.3. The van der Waals surface area contributed by atoms with Crippen molar-refractivity contribution in [2.24, 2.45) is 0 Å². The molecule has 0 bridgehead atoms. The Morgan fingerprint density at radius 2 is 2.12 bits per heavy atom. The molecule has 1 saturated heterocycles. The van der Waals surface area contributed by atoms with Crippen LogP contribution in [0.2, 0.25) is 5.02 Å². The molecule has 0 radical (unpaired) electrons. The molecule has 2 aromatic rings. The van der Waals surface area contributed by atoms with E-state index in [1.54, 1.807) is 17.7 Å². The second kappa shape index (κ2) is 4.16. The maximum Gasteiger partial charge on any atom is 0.142 e. The van der Waals surface area contributed by atoms with Gasteiger partial charge in [0.05, 0.1) is 23.6 Å². The van der Waals surface area contributed by atoms with Crippen molar-refractivity contribution in [3.63, 3.8) is 0 Å². The van der Waals surface area contributed by atoms with Gasteiger partial charge in [0.1, 0.15) is 17.0 Å². The van der Waals surface area contributed by atoms with E-state index in [-0.39, 0.29) is 0 Å². The summed E-state index contributed by atoms with van der Waals surface area (Å²) in [5.41, 5.74) is 0. The van der Waals surface area contributed by atoms with Crippen LogP contribution in [0.4, 0.5) is 5.82 Å². The minimum absolute atomic E-state index is 0.738. The standard InChI is InChI=1S/C10H10ClN3OS/c11-7-5-16-10-8(7)9(12-6-13-10)14-1-3-15-4-2-14/h5-6H,1-4H2. The average Bonchev–Trinajstić information content (AvgIpc) is 2.73. The number of morpholine rings is 1. The van der Waals surface area contributed by atoms with E-state index in [0.717, 1.165) is 47.4 Å². The Morgan fingerprint density at radius 3 is 2.94 bits per heavy atom. The Labute approximate surface area is 102 Å². The van der Waals surface area contributed by atoms with Gasteiger partial charge in [-0.1, -0.05) is 11.6 Å². The molecule has 84 valence electrons. The van der Waals surface area contributed by atoms with Crippen LogP contribution in [-0.2, 0) is 4.74 Å². The van der Waals surface area contributed by atoms with Crippen molar-refractivity contribution in [3.8, 4) is 0 Å². The zero-order valence-corrected chi connectivity index (χ0v) is 10.1. The molecule has 0 amide bonds. The van der Waals surface area contributed by atoms with Crippen LogP contribution in [0.25, 0.3) is 10.2 Å². The Morgan fingerprint density at radius 1 is 1.31 bits per heavy atom. The lowest BCUT2D eigenvalue weighted by Crippen LogP contribution is -2.36. The number of nitrogens with zero attached hydrogens (tertiary/aromatic N) is 3. The topological polar surface area (TPSA) is 38.2 Å². The maximum absolute atomic E-state index is 6.17. The highest BCUT2D eigenvalue weighted by molar-refractivity contribution is 7.17. The zero-order chi connectivity index (χ0) is 11.0. The number of hydrogen-bond donors (Lipinski definition) is 0.